The highest BCUT2D eigenvalue weighted by molar-refractivity contribution is 7.88. The van der Waals surface area contributed by atoms with Crippen LogP contribution in [0.4, 0.5) is 0 Å². The van der Waals surface area contributed by atoms with Crippen LogP contribution in [-0.4, -0.2) is 53.1 Å². The summed E-state index contributed by atoms with van der Waals surface area (Å²) in [5.74, 6) is 0.263. The average Bonchev–Trinajstić information content (AvgIpc) is 3.62. The fourth-order valence-corrected chi connectivity index (χ4v) is 5.70. The van der Waals surface area contributed by atoms with E-state index in [1.807, 2.05) is 36.4 Å². The van der Waals surface area contributed by atoms with Crippen molar-refractivity contribution in [3.63, 3.8) is 0 Å². The van der Waals surface area contributed by atoms with Gasteiger partial charge in [-0.3, -0.25) is 9.78 Å². The highest BCUT2D eigenvalue weighted by Gasteiger charge is 2.39. The number of carbonyl (C=O) groups excluding carboxylic acids is 1. The van der Waals surface area contributed by atoms with Gasteiger partial charge in [-0.05, 0) is 54.5 Å². The summed E-state index contributed by atoms with van der Waals surface area (Å²) in [6.07, 6.45) is 7.14. The molecular formula is C26H28N4O4S. The predicted molar refractivity (Wildman–Crippen MR) is 133 cm³/mol. The Bertz CT molecular complexity index is 1360. The van der Waals surface area contributed by atoms with Crippen LogP contribution in [-0.2, 0) is 16.6 Å². The molecule has 3 aromatic rings. The first kappa shape index (κ1) is 23.6. The molecular weight excluding hydrogens is 464 g/mol. The van der Waals surface area contributed by atoms with Gasteiger partial charge in [0, 0.05) is 48.8 Å². The topological polar surface area (TPSA) is 112 Å². The number of benzene rings is 1. The summed E-state index contributed by atoms with van der Waals surface area (Å²) in [6.45, 7) is 0.584. The molecule has 0 radical (unpaired) electrons. The Morgan fingerprint density at radius 2 is 1.91 bits per heavy atom. The average molecular weight is 493 g/mol. The maximum Gasteiger partial charge on any atom is 0.269 e. The van der Waals surface area contributed by atoms with E-state index in [0.29, 0.717) is 18.2 Å². The number of aliphatic hydroxyl groups is 1. The number of hydrogen-bond donors (Lipinski definition) is 2. The number of aliphatic hydroxyl groups excluding tert-OH is 1. The van der Waals surface area contributed by atoms with Gasteiger partial charge in [-0.2, -0.15) is 4.31 Å². The van der Waals surface area contributed by atoms with Gasteiger partial charge < -0.3 is 10.4 Å². The van der Waals surface area contributed by atoms with Gasteiger partial charge in [0.25, 0.3) is 5.91 Å². The SMILES string of the molecule is CS(=O)(=O)N1Cc2cc(C(=O)NCC3CC3)nc(-c3cccc(-c4cccnc4)c3)c2[C@@H]1CCO. The van der Waals surface area contributed by atoms with Crippen molar-refractivity contribution in [1.29, 1.82) is 0 Å². The lowest BCUT2D eigenvalue weighted by molar-refractivity contribution is 0.0946. The van der Waals surface area contributed by atoms with E-state index in [1.54, 1.807) is 18.5 Å². The Morgan fingerprint density at radius 3 is 2.60 bits per heavy atom. The minimum Gasteiger partial charge on any atom is -0.396 e. The van der Waals surface area contributed by atoms with Crippen LogP contribution in [0.3, 0.4) is 0 Å². The third-order valence-electron chi connectivity index (χ3n) is 6.59. The maximum absolute atomic E-state index is 13.0. The molecule has 2 aliphatic rings. The summed E-state index contributed by atoms with van der Waals surface area (Å²) >= 11 is 0. The second-order valence-electron chi connectivity index (χ2n) is 9.24. The molecule has 1 amide bonds. The summed E-state index contributed by atoms with van der Waals surface area (Å²) in [6, 6.07) is 12.7. The van der Waals surface area contributed by atoms with Crippen LogP contribution in [0.25, 0.3) is 22.4 Å². The van der Waals surface area contributed by atoms with Crippen molar-refractivity contribution in [3.8, 4) is 22.4 Å². The molecule has 2 N–H and O–H groups in total. The molecule has 0 bridgehead atoms. The number of pyridine rings is 2. The van der Waals surface area contributed by atoms with Gasteiger partial charge in [-0.25, -0.2) is 13.4 Å². The predicted octanol–water partition coefficient (Wildman–Crippen LogP) is 3.15. The van der Waals surface area contributed by atoms with Gasteiger partial charge in [-0.1, -0.05) is 24.3 Å². The molecule has 0 saturated heterocycles. The van der Waals surface area contributed by atoms with E-state index < -0.39 is 16.1 Å². The van der Waals surface area contributed by atoms with E-state index in [1.165, 1.54) is 10.6 Å². The molecule has 9 heteroatoms. The molecule has 1 saturated carbocycles. The quantitative estimate of drug-likeness (QED) is 0.500. The number of nitrogens with one attached hydrogen (secondary N) is 1. The van der Waals surface area contributed by atoms with Crippen molar-refractivity contribution < 1.29 is 18.3 Å². The first-order valence-electron chi connectivity index (χ1n) is 11.8. The van der Waals surface area contributed by atoms with Gasteiger partial charge in [0.1, 0.15) is 5.69 Å². The number of nitrogens with zero attached hydrogens (tertiary/aromatic N) is 3. The number of hydrogen-bond acceptors (Lipinski definition) is 6. The summed E-state index contributed by atoms with van der Waals surface area (Å²) in [4.78, 5) is 21.9. The Hall–Kier alpha value is -3.14. The number of amides is 1. The molecule has 1 aromatic carbocycles. The van der Waals surface area contributed by atoms with Crippen molar-refractivity contribution in [2.24, 2.45) is 5.92 Å². The first-order valence-corrected chi connectivity index (χ1v) is 13.6. The molecule has 0 unspecified atom stereocenters. The molecule has 8 nitrogen and oxygen atoms in total. The van der Waals surface area contributed by atoms with Crippen LogP contribution in [0.2, 0.25) is 0 Å². The summed E-state index contributed by atoms with van der Waals surface area (Å²) in [5.41, 5.74) is 4.96. The molecule has 182 valence electrons. The lowest BCUT2D eigenvalue weighted by Crippen LogP contribution is -2.29. The molecule has 3 heterocycles. The molecule has 1 aliphatic heterocycles. The Morgan fingerprint density at radius 1 is 1.14 bits per heavy atom. The third kappa shape index (κ3) is 4.98. The monoisotopic (exact) mass is 492 g/mol. The van der Waals surface area contributed by atoms with Gasteiger partial charge in [0.2, 0.25) is 10.0 Å². The van der Waals surface area contributed by atoms with Crippen LogP contribution in [0, 0.1) is 5.92 Å². The molecule has 35 heavy (non-hydrogen) atoms. The van der Waals surface area contributed by atoms with Crippen LogP contribution in [0.15, 0.2) is 54.9 Å². The van der Waals surface area contributed by atoms with E-state index in [-0.39, 0.29) is 31.2 Å². The van der Waals surface area contributed by atoms with E-state index in [2.05, 4.69) is 10.3 Å². The van der Waals surface area contributed by atoms with Crippen LogP contribution in [0.5, 0.6) is 0 Å². The summed E-state index contributed by atoms with van der Waals surface area (Å²) in [7, 11) is -3.55. The normalized spacial score (nSPS) is 17.8. The number of carbonyl (C=O) groups is 1. The van der Waals surface area contributed by atoms with Gasteiger partial charge in [-0.15, -0.1) is 0 Å². The third-order valence-corrected chi connectivity index (χ3v) is 7.83. The van der Waals surface area contributed by atoms with Crippen LogP contribution in [0.1, 0.15) is 46.9 Å². The van der Waals surface area contributed by atoms with Crippen molar-refractivity contribution in [1.82, 2.24) is 19.6 Å². The Balaban J connectivity index is 1.64. The highest BCUT2D eigenvalue weighted by Crippen LogP contribution is 2.43. The zero-order valence-electron chi connectivity index (χ0n) is 19.5. The lowest BCUT2D eigenvalue weighted by Gasteiger charge is -2.23. The maximum atomic E-state index is 13.0. The van der Waals surface area contributed by atoms with E-state index in [0.717, 1.165) is 40.7 Å². The van der Waals surface area contributed by atoms with Crippen LogP contribution >= 0.6 is 0 Å². The first-order chi connectivity index (χ1) is 16.8. The fourth-order valence-electron chi connectivity index (χ4n) is 4.66. The summed E-state index contributed by atoms with van der Waals surface area (Å²) < 4.78 is 26.6. The zero-order valence-corrected chi connectivity index (χ0v) is 20.3. The summed E-state index contributed by atoms with van der Waals surface area (Å²) in [5, 5.41) is 12.7. The standard InChI is InChI=1S/C26H28N4O4S/c1-35(33,34)30-16-21-13-22(26(32)28-14-17-7-8-17)29-25(24(21)23(30)9-11-31)19-5-2-4-18(12-19)20-6-3-10-27-15-20/h2-6,10,12-13,15,17,23,31H,7-9,11,14,16H2,1H3,(H,28,32)/t23-/m0/s1. The smallest absolute Gasteiger partial charge is 0.269 e. The van der Waals surface area contributed by atoms with Gasteiger partial charge in [0.15, 0.2) is 0 Å². The lowest BCUT2D eigenvalue weighted by atomic mass is 9.94. The second kappa shape index (κ2) is 9.49. The molecule has 1 fully saturated rings. The molecule has 1 aliphatic carbocycles. The fraction of sp³-hybridized carbons (Fsp3) is 0.346. The van der Waals surface area contributed by atoms with Crippen molar-refractivity contribution in [3.05, 3.63) is 71.7 Å². The van der Waals surface area contributed by atoms with Crippen molar-refractivity contribution in [2.75, 3.05) is 19.4 Å². The second-order valence-corrected chi connectivity index (χ2v) is 11.2. The van der Waals surface area contributed by atoms with E-state index >= 15 is 0 Å². The largest absolute Gasteiger partial charge is 0.396 e. The van der Waals surface area contributed by atoms with Gasteiger partial charge >= 0.3 is 0 Å². The number of rotatable bonds is 8. The Kier molecular flexibility index (Phi) is 6.39. The zero-order chi connectivity index (χ0) is 24.6. The molecule has 2 aromatic heterocycles. The Labute approximate surface area is 205 Å². The minimum absolute atomic E-state index is 0.138. The van der Waals surface area contributed by atoms with Crippen LogP contribution < -0.4 is 5.32 Å². The van der Waals surface area contributed by atoms with Crippen molar-refractivity contribution >= 4 is 15.9 Å². The van der Waals surface area contributed by atoms with E-state index in [4.69, 9.17) is 4.98 Å². The molecule has 0 spiro atoms. The number of sulfonamides is 1. The van der Waals surface area contributed by atoms with E-state index in [9.17, 15) is 18.3 Å². The van der Waals surface area contributed by atoms with Gasteiger partial charge in [0.05, 0.1) is 18.0 Å². The molecule has 1 atom stereocenters. The minimum atomic E-state index is -3.55. The van der Waals surface area contributed by atoms with Crippen molar-refractivity contribution in [2.45, 2.75) is 31.8 Å². The number of fused-ring (bicyclic) bond motifs is 1. The number of aromatic nitrogens is 2. The molecule has 5 rings (SSSR count). The highest BCUT2D eigenvalue weighted by atomic mass is 32.2.